The molecule has 0 aliphatic carbocycles. The third-order valence-electron chi connectivity index (χ3n) is 5.31. The van der Waals surface area contributed by atoms with Gasteiger partial charge in [0, 0.05) is 31.1 Å². The summed E-state index contributed by atoms with van der Waals surface area (Å²) in [6, 6.07) is 9.31. The first-order valence-electron chi connectivity index (χ1n) is 8.91. The van der Waals surface area contributed by atoms with Gasteiger partial charge in [-0.1, -0.05) is 32.0 Å². The summed E-state index contributed by atoms with van der Waals surface area (Å²) >= 11 is 0. The van der Waals surface area contributed by atoms with E-state index in [4.69, 9.17) is 5.73 Å². The van der Waals surface area contributed by atoms with E-state index in [1.54, 1.807) is 0 Å². The van der Waals surface area contributed by atoms with Crippen LogP contribution in [0.25, 0.3) is 0 Å². The van der Waals surface area contributed by atoms with Crippen LogP contribution >= 0.6 is 12.4 Å². The van der Waals surface area contributed by atoms with E-state index in [0.29, 0.717) is 38.0 Å². The zero-order chi connectivity index (χ0) is 17.6. The number of hydrogen-bond acceptors (Lipinski definition) is 3. The zero-order valence-corrected chi connectivity index (χ0v) is 16.0. The van der Waals surface area contributed by atoms with Crippen molar-refractivity contribution >= 4 is 24.2 Å². The number of likely N-dealkylation sites (tertiary alicyclic amines) is 1. The molecule has 2 rings (SSSR count). The lowest BCUT2D eigenvalue weighted by atomic mass is 9.89. The quantitative estimate of drug-likeness (QED) is 0.811. The van der Waals surface area contributed by atoms with Gasteiger partial charge in [-0.25, -0.2) is 0 Å². The first-order valence-corrected chi connectivity index (χ1v) is 8.91. The summed E-state index contributed by atoms with van der Waals surface area (Å²) < 4.78 is 0. The van der Waals surface area contributed by atoms with E-state index in [-0.39, 0.29) is 35.7 Å². The van der Waals surface area contributed by atoms with Gasteiger partial charge in [0.1, 0.15) is 0 Å². The fraction of sp³-hybridized carbons (Fsp3) is 0.579. The second-order valence-electron chi connectivity index (χ2n) is 6.61. The monoisotopic (exact) mass is 367 g/mol. The number of halogens is 1. The van der Waals surface area contributed by atoms with Crippen LogP contribution in [0.1, 0.15) is 49.9 Å². The van der Waals surface area contributed by atoms with Crippen LogP contribution in [-0.4, -0.2) is 41.9 Å². The fourth-order valence-corrected chi connectivity index (χ4v) is 3.24. The van der Waals surface area contributed by atoms with Gasteiger partial charge in [0.2, 0.25) is 5.91 Å². The molecule has 2 amide bonds. The Morgan fingerprint density at radius 3 is 2.20 bits per heavy atom. The number of nitrogens with zero attached hydrogens (tertiary/aromatic N) is 1. The molecule has 3 N–H and O–H groups in total. The lowest BCUT2D eigenvalue weighted by Gasteiger charge is -2.36. The maximum atomic E-state index is 12.6. The van der Waals surface area contributed by atoms with Crippen LogP contribution in [0.5, 0.6) is 0 Å². The number of amides is 2. The molecule has 0 unspecified atom stereocenters. The Kier molecular flexibility index (Phi) is 8.39. The van der Waals surface area contributed by atoms with Crippen LogP contribution < -0.4 is 11.1 Å². The normalized spacial score (nSPS) is 15.4. The molecule has 0 bridgehead atoms. The number of carbonyl (C=O) groups is 2. The molecule has 1 aliphatic heterocycles. The molecule has 0 radical (unpaired) electrons. The molecule has 0 aromatic heterocycles. The van der Waals surface area contributed by atoms with Gasteiger partial charge in [-0.15, -0.1) is 12.4 Å². The van der Waals surface area contributed by atoms with Crippen LogP contribution in [0.4, 0.5) is 0 Å². The smallest absolute Gasteiger partial charge is 0.253 e. The fourth-order valence-electron chi connectivity index (χ4n) is 3.24. The molecule has 0 atom stereocenters. The summed E-state index contributed by atoms with van der Waals surface area (Å²) in [5, 5.41) is 3.16. The minimum Gasteiger partial charge on any atom is -0.349 e. The molecule has 25 heavy (non-hydrogen) atoms. The van der Waals surface area contributed by atoms with Gasteiger partial charge in [-0.3, -0.25) is 9.59 Å². The van der Waals surface area contributed by atoms with E-state index in [2.05, 4.69) is 19.2 Å². The molecule has 6 heteroatoms. The highest BCUT2D eigenvalue weighted by atomic mass is 35.5. The van der Waals surface area contributed by atoms with Crippen molar-refractivity contribution in [3.63, 3.8) is 0 Å². The summed E-state index contributed by atoms with van der Waals surface area (Å²) in [6.45, 7) is 5.81. The lowest BCUT2D eigenvalue weighted by molar-refractivity contribution is -0.128. The highest BCUT2D eigenvalue weighted by Crippen LogP contribution is 2.22. The molecule has 0 saturated carbocycles. The Morgan fingerprint density at radius 1 is 1.16 bits per heavy atom. The van der Waals surface area contributed by atoms with E-state index in [1.165, 1.54) is 0 Å². The van der Waals surface area contributed by atoms with Gasteiger partial charge in [0.05, 0.1) is 5.54 Å². The second kappa shape index (κ2) is 9.78. The molecule has 140 valence electrons. The Bertz CT molecular complexity index is 545. The van der Waals surface area contributed by atoms with Crippen LogP contribution in [-0.2, 0) is 4.79 Å². The second-order valence-corrected chi connectivity index (χ2v) is 6.61. The number of nitrogens with one attached hydrogen (secondary N) is 1. The summed E-state index contributed by atoms with van der Waals surface area (Å²) in [7, 11) is 0. The molecule has 0 spiro atoms. The molecule has 1 heterocycles. The minimum absolute atomic E-state index is 0. The van der Waals surface area contributed by atoms with Gasteiger partial charge in [0.15, 0.2) is 0 Å². The van der Waals surface area contributed by atoms with E-state index in [0.717, 1.165) is 12.8 Å². The van der Waals surface area contributed by atoms with Crippen molar-refractivity contribution < 1.29 is 9.59 Å². The molecule has 1 aromatic rings. The maximum Gasteiger partial charge on any atom is 0.253 e. The van der Waals surface area contributed by atoms with E-state index >= 15 is 0 Å². The van der Waals surface area contributed by atoms with Crippen LogP contribution in [0.2, 0.25) is 0 Å². The SMILES string of the molecule is CCC(CC)(CN)NC(=O)C1CCN(C(=O)c2ccccc2)CC1.Cl. The number of piperidine rings is 1. The number of rotatable bonds is 6. The highest BCUT2D eigenvalue weighted by molar-refractivity contribution is 5.94. The summed E-state index contributed by atoms with van der Waals surface area (Å²) in [6.07, 6.45) is 3.07. The van der Waals surface area contributed by atoms with Gasteiger partial charge in [-0.05, 0) is 37.8 Å². The average molecular weight is 368 g/mol. The lowest BCUT2D eigenvalue weighted by Crippen LogP contribution is -2.55. The van der Waals surface area contributed by atoms with Crippen molar-refractivity contribution in [3.05, 3.63) is 35.9 Å². The van der Waals surface area contributed by atoms with E-state index in [9.17, 15) is 9.59 Å². The van der Waals surface area contributed by atoms with Crippen LogP contribution in [0.15, 0.2) is 30.3 Å². The van der Waals surface area contributed by atoms with Crippen molar-refractivity contribution in [1.82, 2.24) is 10.2 Å². The van der Waals surface area contributed by atoms with Crippen molar-refractivity contribution in [2.45, 2.75) is 45.1 Å². The average Bonchev–Trinajstić information content (AvgIpc) is 2.66. The summed E-state index contributed by atoms with van der Waals surface area (Å²) in [4.78, 5) is 26.9. The number of benzene rings is 1. The van der Waals surface area contributed by atoms with Gasteiger partial charge in [0.25, 0.3) is 5.91 Å². The molecule has 1 aromatic carbocycles. The van der Waals surface area contributed by atoms with Gasteiger partial charge in [-0.2, -0.15) is 0 Å². The Hall–Kier alpha value is -1.59. The predicted octanol–water partition coefficient (Wildman–Crippen LogP) is 2.59. The minimum atomic E-state index is -0.298. The Balaban J connectivity index is 0.00000312. The number of hydrogen-bond donors (Lipinski definition) is 2. The molecule has 1 aliphatic rings. The standard InChI is InChI=1S/C19H29N3O2.ClH/c1-3-19(4-2,14-20)21-17(23)15-10-12-22(13-11-15)18(24)16-8-6-5-7-9-16;/h5-9,15H,3-4,10-14,20H2,1-2H3,(H,21,23);1H. The largest absolute Gasteiger partial charge is 0.349 e. The molecular formula is C19H30ClN3O2. The third-order valence-corrected chi connectivity index (χ3v) is 5.31. The zero-order valence-electron chi connectivity index (χ0n) is 15.2. The van der Waals surface area contributed by atoms with Crippen LogP contribution in [0.3, 0.4) is 0 Å². The Labute approximate surface area is 156 Å². The van der Waals surface area contributed by atoms with Gasteiger partial charge >= 0.3 is 0 Å². The summed E-state index contributed by atoms with van der Waals surface area (Å²) in [5.41, 5.74) is 6.28. The molecule has 5 nitrogen and oxygen atoms in total. The molecule has 1 saturated heterocycles. The topological polar surface area (TPSA) is 75.4 Å². The summed E-state index contributed by atoms with van der Waals surface area (Å²) in [5.74, 6) is 0.0951. The van der Waals surface area contributed by atoms with Crippen LogP contribution in [0, 0.1) is 5.92 Å². The molecular weight excluding hydrogens is 338 g/mol. The Morgan fingerprint density at radius 2 is 1.72 bits per heavy atom. The van der Waals surface area contributed by atoms with Crippen molar-refractivity contribution in [1.29, 1.82) is 0 Å². The number of carbonyl (C=O) groups excluding carboxylic acids is 2. The van der Waals surface area contributed by atoms with Crippen molar-refractivity contribution in [3.8, 4) is 0 Å². The van der Waals surface area contributed by atoms with Crippen molar-refractivity contribution in [2.75, 3.05) is 19.6 Å². The number of nitrogens with two attached hydrogens (primary N) is 1. The maximum absolute atomic E-state index is 12.6. The van der Waals surface area contributed by atoms with E-state index in [1.807, 2.05) is 35.2 Å². The first-order chi connectivity index (χ1) is 11.5. The molecule has 1 fully saturated rings. The van der Waals surface area contributed by atoms with E-state index < -0.39 is 0 Å². The first kappa shape index (κ1) is 21.5. The highest BCUT2D eigenvalue weighted by Gasteiger charge is 2.32. The predicted molar refractivity (Wildman–Crippen MR) is 103 cm³/mol. The van der Waals surface area contributed by atoms with Gasteiger partial charge < -0.3 is 16.0 Å². The van der Waals surface area contributed by atoms with Crippen molar-refractivity contribution in [2.24, 2.45) is 11.7 Å². The third kappa shape index (κ3) is 5.19.